The average Bonchev–Trinajstić information content (AvgIpc) is 2.80. The van der Waals surface area contributed by atoms with E-state index in [-0.39, 0.29) is 6.04 Å². The molecule has 0 aliphatic carbocycles. The molecule has 1 aromatic rings. The molecule has 2 unspecified atom stereocenters. The minimum atomic E-state index is 0.233. The molecule has 3 N–H and O–H groups in total. The molecule has 88 valence electrons. The lowest BCUT2D eigenvalue weighted by atomic mass is 10.00. The van der Waals surface area contributed by atoms with Crippen LogP contribution in [-0.4, -0.2) is 24.7 Å². The van der Waals surface area contributed by atoms with Gasteiger partial charge in [0, 0.05) is 36.3 Å². The summed E-state index contributed by atoms with van der Waals surface area (Å²) in [6.45, 7) is 0.892. The first kappa shape index (κ1) is 11.4. The van der Waals surface area contributed by atoms with Crippen molar-refractivity contribution in [1.29, 1.82) is 0 Å². The van der Waals surface area contributed by atoms with Gasteiger partial charge in [-0.15, -0.1) is 0 Å². The third-order valence-electron chi connectivity index (χ3n) is 3.13. The smallest absolute Gasteiger partial charge is 0.0594 e. The van der Waals surface area contributed by atoms with Crippen LogP contribution in [0.15, 0.2) is 18.5 Å². The van der Waals surface area contributed by atoms with Crippen LogP contribution in [0.4, 0.5) is 5.69 Å². The molecule has 2 atom stereocenters. The summed E-state index contributed by atoms with van der Waals surface area (Å²) in [7, 11) is 1.95. The Morgan fingerprint density at radius 2 is 2.56 bits per heavy atom. The van der Waals surface area contributed by atoms with Gasteiger partial charge in [0.15, 0.2) is 0 Å². The van der Waals surface area contributed by atoms with Gasteiger partial charge in [-0.25, -0.2) is 0 Å². The quantitative estimate of drug-likeness (QED) is 0.808. The van der Waals surface area contributed by atoms with Crippen molar-refractivity contribution < 1.29 is 4.74 Å². The van der Waals surface area contributed by atoms with Crippen LogP contribution in [0.25, 0.3) is 0 Å². The highest BCUT2D eigenvalue weighted by molar-refractivity contribution is 5.46. The highest BCUT2D eigenvalue weighted by Crippen LogP contribution is 2.27. The molecule has 2 rings (SSSR count). The zero-order chi connectivity index (χ0) is 11.4. The second-order valence-corrected chi connectivity index (χ2v) is 4.22. The van der Waals surface area contributed by atoms with E-state index in [1.165, 1.54) is 6.42 Å². The van der Waals surface area contributed by atoms with Crippen molar-refractivity contribution in [3.05, 3.63) is 24.0 Å². The maximum absolute atomic E-state index is 5.95. The number of nitrogens with one attached hydrogen (secondary N) is 1. The van der Waals surface area contributed by atoms with E-state index >= 15 is 0 Å². The van der Waals surface area contributed by atoms with Crippen LogP contribution in [0.1, 0.15) is 30.9 Å². The predicted molar refractivity (Wildman–Crippen MR) is 64.0 cm³/mol. The summed E-state index contributed by atoms with van der Waals surface area (Å²) < 4.78 is 5.65. The molecular formula is C12H19N3O. The Morgan fingerprint density at radius 1 is 1.69 bits per heavy atom. The molecule has 4 heteroatoms. The fourth-order valence-corrected chi connectivity index (χ4v) is 2.20. The highest BCUT2D eigenvalue weighted by atomic mass is 16.5. The first-order valence-corrected chi connectivity index (χ1v) is 5.79. The minimum absolute atomic E-state index is 0.233. The van der Waals surface area contributed by atoms with Crippen molar-refractivity contribution in [2.24, 2.45) is 0 Å². The Balaban J connectivity index is 2.06. The van der Waals surface area contributed by atoms with Gasteiger partial charge in [-0.05, 0) is 32.4 Å². The van der Waals surface area contributed by atoms with Gasteiger partial charge in [-0.2, -0.15) is 0 Å². The normalized spacial score (nSPS) is 22.2. The summed E-state index contributed by atoms with van der Waals surface area (Å²) in [4.78, 5) is 4.13. The van der Waals surface area contributed by atoms with Crippen molar-refractivity contribution in [1.82, 2.24) is 10.3 Å². The van der Waals surface area contributed by atoms with E-state index in [1.54, 1.807) is 6.20 Å². The van der Waals surface area contributed by atoms with Crippen molar-refractivity contribution in [3.8, 4) is 0 Å². The largest absolute Gasteiger partial charge is 0.398 e. The third kappa shape index (κ3) is 2.51. The lowest BCUT2D eigenvalue weighted by molar-refractivity contribution is 0.0954. The molecule has 0 radical (unpaired) electrons. The van der Waals surface area contributed by atoms with Crippen LogP contribution in [0, 0.1) is 0 Å². The van der Waals surface area contributed by atoms with Gasteiger partial charge in [0.05, 0.1) is 6.10 Å². The Bertz CT molecular complexity index is 337. The van der Waals surface area contributed by atoms with Crippen molar-refractivity contribution >= 4 is 5.69 Å². The van der Waals surface area contributed by atoms with E-state index in [4.69, 9.17) is 10.5 Å². The summed E-state index contributed by atoms with van der Waals surface area (Å²) >= 11 is 0. The van der Waals surface area contributed by atoms with E-state index in [9.17, 15) is 0 Å². The molecule has 0 aromatic carbocycles. The SMILES string of the molecule is CNC(CC1CCCO1)c1cnccc1N. The number of nitrogens with zero attached hydrogens (tertiary/aromatic N) is 1. The molecule has 1 aliphatic rings. The zero-order valence-corrected chi connectivity index (χ0v) is 9.65. The highest BCUT2D eigenvalue weighted by Gasteiger charge is 2.22. The number of hydrogen-bond acceptors (Lipinski definition) is 4. The molecular weight excluding hydrogens is 202 g/mol. The van der Waals surface area contributed by atoms with Crippen LogP contribution in [-0.2, 0) is 4.74 Å². The number of anilines is 1. The van der Waals surface area contributed by atoms with Gasteiger partial charge in [0.2, 0.25) is 0 Å². The number of rotatable bonds is 4. The molecule has 0 bridgehead atoms. The second kappa shape index (κ2) is 5.27. The number of nitrogen functional groups attached to an aromatic ring is 1. The summed E-state index contributed by atoms with van der Waals surface area (Å²) in [6.07, 6.45) is 7.20. The molecule has 1 aromatic heterocycles. The summed E-state index contributed by atoms with van der Waals surface area (Å²) in [6, 6.07) is 2.08. The van der Waals surface area contributed by atoms with Crippen LogP contribution < -0.4 is 11.1 Å². The van der Waals surface area contributed by atoms with Gasteiger partial charge in [-0.3, -0.25) is 4.98 Å². The molecule has 0 spiro atoms. The number of aromatic nitrogens is 1. The molecule has 1 aliphatic heterocycles. The Hall–Kier alpha value is -1.13. The summed E-state index contributed by atoms with van der Waals surface area (Å²) in [5.74, 6) is 0. The molecule has 2 heterocycles. The minimum Gasteiger partial charge on any atom is -0.398 e. The number of hydrogen-bond donors (Lipinski definition) is 2. The second-order valence-electron chi connectivity index (χ2n) is 4.22. The fraction of sp³-hybridized carbons (Fsp3) is 0.583. The summed E-state index contributed by atoms with van der Waals surface area (Å²) in [5, 5.41) is 3.29. The van der Waals surface area contributed by atoms with E-state index in [0.717, 1.165) is 30.7 Å². The topological polar surface area (TPSA) is 60.2 Å². The van der Waals surface area contributed by atoms with Crippen molar-refractivity contribution in [2.45, 2.75) is 31.4 Å². The third-order valence-corrected chi connectivity index (χ3v) is 3.13. The molecule has 1 saturated heterocycles. The van der Waals surface area contributed by atoms with Gasteiger partial charge < -0.3 is 15.8 Å². The van der Waals surface area contributed by atoms with Crippen LogP contribution >= 0.6 is 0 Å². The van der Waals surface area contributed by atoms with Gasteiger partial charge in [0.1, 0.15) is 0 Å². The molecule has 0 saturated carbocycles. The lowest BCUT2D eigenvalue weighted by Gasteiger charge is -2.21. The van der Waals surface area contributed by atoms with Gasteiger partial charge in [0.25, 0.3) is 0 Å². The lowest BCUT2D eigenvalue weighted by Crippen LogP contribution is -2.23. The van der Waals surface area contributed by atoms with Crippen molar-refractivity contribution in [2.75, 3.05) is 19.4 Å². The van der Waals surface area contributed by atoms with Crippen LogP contribution in [0.2, 0.25) is 0 Å². The van der Waals surface area contributed by atoms with E-state index in [2.05, 4.69) is 10.3 Å². The molecule has 1 fully saturated rings. The van der Waals surface area contributed by atoms with Gasteiger partial charge in [-0.1, -0.05) is 0 Å². The average molecular weight is 221 g/mol. The Morgan fingerprint density at radius 3 is 3.19 bits per heavy atom. The molecule has 0 amide bonds. The van der Waals surface area contributed by atoms with E-state index in [0.29, 0.717) is 6.10 Å². The first-order valence-electron chi connectivity index (χ1n) is 5.79. The number of ether oxygens (including phenoxy) is 1. The Labute approximate surface area is 96.2 Å². The first-order chi connectivity index (χ1) is 7.81. The molecule has 16 heavy (non-hydrogen) atoms. The maximum Gasteiger partial charge on any atom is 0.0594 e. The van der Waals surface area contributed by atoms with E-state index < -0.39 is 0 Å². The zero-order valence-electron chi connectivity index (χ0n) is 9.65. The standard InChI is InChI=1S/C12H19N3O/c1-14-12(7-9-3-2-6-16-9)10-8-15-5-4-11(10)13/h4-5,8-9,12,14H,2-3,6-7H2,1H3,(H2,13,15). The summed E-state index contributed by atoms with van der Waals surface area (Å²) in [5.41, 5.74) is 7.82. The van der Waals surface area contributed by atoms with E-state index in [1.807, 2.05) is 19.3 Å². The number of pyridine rings is 1. The monoisotopic (exact) mass is 221 g/mol. The van der Waals surface area contributed by atoms with Crippen LogP contribution in [0.3, 0.4) is 0 Å². The fourth-order valence-electron chi connectivity index (χ4n) is 2.20. The molecule has 4 nitrogen and oxygen atoms in total. The van der Waals surface area contributed by atoms with Crippen LogP contribution in [0.5, 0.6) is 0 Å². The number of nitrogens with two attached hydrogens (primary N) is 1. The van der Waals surface area contributed by atoms with Gasteiger partial charge >= 0.3 is 0 Å². The predicted octanol–water partition coefficient (Wildman–Crippen LogP) is 1.49. The Kier molecular flexibility index (Phi) is 3.74. The van der Waals surface area contributed by atoms with Crippen molar-refractivity contribution in [3.63, 3.8) is 0 Å². The maximum atomic E-state index is 5.95.